The van der Waals surface area contributed by atoms with E-state index in [2.05, 4.69) is 15.9 Å². The quantitative estimate of drug-likeness (QED) is 0.316. The van der Waals surface area contributed by atoms with Gasteiger partial charge >= 0.3 is 11.8 Å². The van der Waals surface area contributed by atoms with E-state index in [1.54, 1.807) is 62.7 Å². The minimum Gasteiger partial charge on any atom is -0.496 e. The van der Waals surface area contributed by atoms with Crippen LogP contribution in [0.4, 0.5) is 0 Å². The van der Waals surface area contributed by atoms with Gasteiger partial charge in [-0.15, -0.1) is 0 Å². The number of hydrogen-bond acceptors (Lipinski definition) is 5. The molecule has 194 valence electrons. The Kier molecular flexibility index (Phi) is 8.97. The van der Waals surface area contributed by atoms with E-state index in [0.717, 1.165) is 10.0 Å². The van der Waals surface area contributed by atoms with Gasteiger partial charge in [0.05, 0.1) is 25.3 Å². The Bertz CT molecular complexity index is 1310. The maximum absolute atomic E-state index is 13.2. The lowest BCUT2D eigenvalue weighted by Crippen LogP contribution is -2.49. The van der Waals surface area contributed by atoms with Gasteiger partial charge in [-0.25, -0.2) is 0 Å². The maximum atomic E-state index is 13.2. The summed E-state index contributed by atoms with van der Waals surface area (Å²) in [4.78, 5) is 29.2. The Morgan fingerprint density at radius 2 is 1.89 bits per heavy atom. The van der Waals surface area contributed by atoms with Gasteiger partial charge in [0.15, 0.2) is 0 Å². The minimum atomic E-state index is -0.636. The number of carbonyl (C=O) groups excluding carboxylic acids is 2. The lowest BCUT2D eigenvalue weighted by Gasteiger charge is -2.34. The molecule has 0 bridgehead atoms. The molecule has 3 aromatic carbocycles. The van der Waals surface area contributed by atoms with Gasteiger partial charge < -0.3 is 24.0 Å². The van der Waals surface area contributed by atoms with E-state index in [4.69, 9.17) is 37.4 Å². The van der Waals surface area contributed by atoms with E-state index >= 15 is 0 Å². The highest BCUT2D eigenvalue weighted by molar-refractivity contribution is 9.10. The van der Waals surface area contributed by atoms with Gasteiger partial charge in [-0.3, -0.25) is 9.59 Å². The van der Waals surface area contributed by atoms with Crippen LogP contribution in [0.25, 0.3) is 0 Å². The second kappa shape index (κ2) is 12.2. The van der Waals surface area contributed by atoms with Crippen LogP contribution in [0.15, 0.2) is 65.1 Å². The summed E-state index contributed by atoms with van der Waals surface area (Å²) in [7, 11) is 3.13. The van der Waals surface area contributed by atoms with E-state index in [-0.39, 0.29) is 19.7 Å². The summed E-state index contributed by atoms with van der Waals surface area (Å²) in [5.74, 6) is 0.421. The van der Waals surface area contributed by atoms with Crippen molar-refractivity contribution in [3.05, 3.63) is 86.3 Å². The number of benzene rings is 3. The highest BCUT2D eigenvalue weighted by atomic mass is 79.9. The number of halogens is 3. The molecule has 0 radical (unpaired) electrons. The van der Waals surface area contributed by atoms with Crippen LogP contribution in [-0.2, 0) is 20.9 Å². The van der Waals surface area contributed by atoms with Crippen LogP contribution < -0.4 is 9.47 Å². The van der Waals surface area contributed by atoms with Crippen molar-refractivity contribution in [2.24, 2.45) is 0 Å². The number of carbonyl (C=O) groups is 2. The Balaban J connectivity index is 1.47. The standard InChI is InChI=1S/C27H25BrCl2N2O5/c1-31(15-17-9-10-18(28)13-23(17)37-20-6-3-5-19(29)14-20)26(33)27(34)32-11-12-36-24(16-32)25-21(30)7-4-8-22(25)35-2/h3-10,13-14,24H,11-12,15-16H2,1-2H3. The van der Waals surface area contributed by atoms with E-state index in [0.29, 0.717) is 39.4 Å². The number of rotatable bonds is 6. The molecule has 1 atom stereocenters. The van der Waals surface area contributed by atoms with E-state index < -0.39 is 17.9 Å². The number of amides is 2. The number of likely N-dealkylation sites (N-methyl/N-ethyl adjacent to an activating group) is 1. The van der Waals surface area contributed by atoms with Crippen LogP contribution in [0.5, 0.6) is 17.2 Å². The van der Waals surface area contributed by atoms with Crippen molar-refractivity contribution in [2.45, 2.75) is 12.6 Å². The third kappa shape index (κ3) is 6.57. The Morgan fingerprint density at radius 3 is 2.65 bits per heavy atom. The summed E-state index contributed by atoms with van der Waals surface area (Å²) in [6.45, 7) is 0.912. The van der Waals surface area contributed by atoms with Crippen LogP contribution in [-0.4, -0.2) is 55.5 Å². The van der Waals surface area contributed by atoms with Gasteiger partial charge in [0.2, 0.25) is 0 Å². The molecule has 7 nitrogen and oxygen atoms in total. The van der Waals surface area contributed by atoms with E-state index in [1.807, 2.05) is 12.1 Å². The molecule has 10 heteroatoms. The number of methoxy groups -OCH3 is 1. The molecular weight excluding hydrogens is 583 g/mol. The summed E-state index contributed by atoms with van der Waals surface area (Å²) in [5, 5.41) is 1.02. The van der Waals surface area contributed by atoms with Crippen molar-refractivity contribution in [3.63, 3.8) is 0 Å². The molecule has 2 amide bonds. The topological polar surface area (TPSA) is 68.3 Å². The molecule has 0 saturated carbocycles. The average molecular weight is 608 g/mol. The van der Waals surface area contributed by atoms with Gasteiger partial charge in [0.25, 0.3) is 0 Å². The first kappa shape index (κ1) is 27.3. The summed E-state index contributed by atoms with van der Waals surface area (Å²) < 4.78 is 18.2. The molecule has 0 aliphatic carbocycles. The highest BCUT2D eigenvalue weighted by Crippen LogP contribution is 2.36. The fourth-order valence-corrected chi connectivity index (χ4v) is 4.86. The van der Waals surface area contributed by atoms with E-state index in [1.165, 1.54) is 9.80 Å². The zero-order valence-electron chi connectivity index (χ0n) is 20.2. The molecule has 0 N–H and O–H groups in total. The molecular formula is C27H25BrCl2N2O5. The molecule has 1 aliphatic heterocycles. The second-order valence-electron chi connectivity index (χ2n) is 8.44. The molecule has 1 saturated heterocycles. The Morgan fingerprint density at radius 1 is 1.11 bits per heavy atom. The molecule has 1 aliphatic rings. The highest BCUT2D eigenvalue weighted by Gasteiger charge is 2.33. The summed E-state index contributed by atoms with van der Waals surface area (Å²) in [6, 6.07) is 17.8. The first-order valence-corrected chi connectivity index (χ1v) is 13.0. The predicted molar refractivity (Wildman–Crippen MR) is 145 cm³/mol. The second-order valence-corrected chi connectivity index (χ2v) is 10.2. The van der Waals surface area contributed by atoms with Crippen molar-refractivity contribution in [1.82, 2.24) is 9.80 Å². The van der Waals surface area contributed by atoms with Crippen molar-refractivity contribution in [1.29, 1.82) is 0 Å². The van der Waals surface area contributed by atoms with Gasteiger partial charge in [-0.2, -0.15) is 0 Å². The fourth-order valence-electron chi connectivity index (χ4n) is 4.05. The minimum absolute atomic E-state index is 0.167. The predicted octanol–water partition coefficient (Wildman–Crippen LogP) is 6.12. The summed E-state index contributed by atoms with van der Waals surface area (Å²) in [6.07, 6.45) is -0.511. The SMILES string of the molecule is COc1cccc(Cl)c1C1CN(C(=O)C(=O)N(C)Cc2ccc(Br)cc2Oc2cccc(Cl)c2)CCO1. The van der Waals surface area contributed by atoms with Crippen molar-refractivity contribution in [2.75, 3.05) is 33.9 Å². The number of morpholine rings is 1. The largest absolute Gasteiger partial charge is 0.496 e. The lowest BCUT2D eigenvalue weighted by atomic mass is 10.1. The van der Waals surface area contributed by atoms with Gasteiger partial charge in [-0.05, 0) is 42.5 Å². The van der Waals surface area contributed by atoms with Crippen LogP contribution in [0, 0.1) is 0 Å². The zero-order chi connectivity index (χ0) is 26.5. The normalized spacial score (nSPS) is 15.3. The number of hydrogen-bond donors (Lipinski definition) is 0. The van der Waals surface area contributed by atoms with Crippen LogP contribution in [0.3, 0.4) is 0 Å². The maximum Gasteiger partial charge on any atom is 0.312 e. The van der Waals surface area contributed by atoms with Gasteiger partial charge in [0.1, 0.15) is 23.4 Å². The Labute approximate surface area is 233 Å². The third-order valence-corrected chi connectivity index (χ3v) is 6.96. The lowest BCUT2D eigenvalue weighted by molar-refractivity contribution is -0.155. The van der Waals surface area contributed by atoms with Crippen LogP contribution in [0.2, 0.25) is 10.0 Å². The first-order valence-electron chi connectivity index (χ1n) is 11.5. The van der Waals surface area contributed by atoms with Crippen molar-refractivity contribution >= 4 is 50.9 Å². The smallest absolute Gasteiger partial charge is 0.312 e. The van der Waals surface area contributed by atoms with Crippen LogP contribution >= 0.6 is 39.1 Å². The molecule has 37 heavy (non-hydrogen) atoms. The zero-order valence-corrected chi connectivity index (χ0v) is 23.3. The molecule has 3 aromatic rings. The molecule has 1 heterocycles. The Hall–Kier alpha value is -2.78. The summed E-state index contributed by atoms with van der Waals surface area (Å²) in [5.41, 5.74) is 1.38. The van der Waals surface area contributed by atoms with Gasteiger partial charge in [-0.1, -0.05) is 57.3 Å². The monoisotopic (exact) mass is 606 g/mol. The van der Waals surface area contributed by atoms with Gasteiger partial charge in [0, 0.05) is 40.8 Å². The third-order valence-electron chi connectivity index (χ3n) is 5.90. The van der Waals surface area contributed by atoms with Crippen molar-refractivity contribution in [3.8, 4) is 17.2 Å². The van der Waals surface area contributed by atoms with Crippen molar-refractivity contribution < 1.29 is 23.8 Å². The van der Waals surface area contributed by atoms with Crippen LogP contribution in [0.1, 0.15) is 17.2 Å². The average Bonchev–Trinajstić information content (AvgIpc) is 2.89. The molecule has 0 aromatic heterocycles. The fraction of sp³-hybridized carbons (Fsp3) is 0.259. The first-order chi connectivity index (χ1) is 17.8. The number of ether oxygens (including phenoxy) is 3. The molecule has 1 unspecified atom stereocenters. The van der Waals surface area contributed by atoms with E-state index in [9.17, 15) is 9.59 Å². The number of nitrogens with zero attached hydrogens (tertiary/aromatic N) is 2. The molecule has 4 rings (SSSR count). The molecule has 1 fully saturated rings. The summed E-state index contributed by atoms with van der Waals surface area (Å²) >= 11 is 15.9. The molecule has 0 spiro atoms.